The first-order chi connectivity index (χ1) is 17.5. The molecule has 8 heteroatoms. The van der Waals surface area contributed by atoms with Crippen LogP contribution in [0.5, 0.6) is 0 Å². The van der Waals surface area contributed by atoms with Crippen molar-refractivity contribution in [2.24, 2.45) is 5.10 Å². The molecule has 1 saturated heterocycles. The number of halogens is 2. The van der Waals surface area contributed by atoms with Crippen molar-refractivity contribution in [3.8, 4) is 0 Å². The Kier molecular flexibility index (Phi) is 6.77. The third kappa shape index (κ3) is 5.28. The minimum Gasteiger partial charge on any atom is -0.369 e. The maximum absolute atomic E-state index is 13.6. The van der Waals surface area contributed by atoms with Crippen LogP contribution >= 0.6 is 0 Å². The number of imidazole rings is 1. The Labute approximate surface area is 209 Å². The lowest BCUT2D eigenvalue weighted by molar-refractivity contribution is 0.212. The maximum Gasteiger partial charge on any atom is 0.221 e. The lowest BCUT2D eigenvalue weighted by Crippen LogP contribution is -2.48. The van der Waals surface area contributed by atoms with Crippen molar-refractivity contribution in [3.05, 3.63) is 113 Å². The summed E-state index contributed by atoms with van der Waals surface area (Å²) in [7, 11) is 0. The summed E-state index contributed by atoms with van der Waals surface area (Å²) >= 11 is 0. The summed E-state index contributed by atoms with van der Waals surface area (Å²) in [6, 6.07) is 21.4. The second kappa shape index (κ2) is 10.3. The Bertz CT molecular complexity index is 1280. The summed E-state index contributed by atoms with van der Waals surface area (Å²) in [5.74, 6) is -0.171. The molecule has 0 aliphatic carbocycles. The minimum atomic E-state index is -0.265. The average molecular weight is 487 g/mol. The number of rotatable bonds is 6. The van der Waals surface area contributed by atoms with Gasteiger partial charge in [0.25, 0.3) is 0 Å². The van der Waals surface area contributed by atoms with Crippen LogP contribution in [0.1, 0.15) is 28.4 Å². The number of hydrogen-bond acceptors (Lipinski definition) is 5. The molecule has 1 aromatic heterocycles. The average Bonchev–Trinajstić information content (AvgIpc) is 3.22. The first-order valence-electron chi connectivity index (χ1n) is 11.9. The summed E-state index contributed by atoms with van der Waals surface area (Å²) < 4.78 is 28.7. The van der Waals surface area contributed by atoms with Gasteiger partial charge in [-0.05, 0) is 60.0 Å². The van der Waals surface area contributed by atoms with Crippen LogP contribution < -0.4 is 10.6 Å². The molecule has 2 heterocycles. The van der Waals surface area contributed by atoms with E-state index in [1.807, 2.05) is 43.3 Å². The highest BCUT2D eigenvalue weighted by Crippen LogP contribution is 2.31. The van der Waals surface area contributed by atoms with Crippen molar-refractivity contribution in [1.29, 1.82) is 0 Å². The molecule has 0 bridgehead atoms. The van der Waals surface area contributed by atoms with Crippen molar-refractivity contribution in [2.45, 2.75) is 13.0 Å². The SMILES string of the molecule is Cc1cn(N=Cc2ccc(N3CCN(C(c4ccc(F)cc4)c4ccc(F)cc4)CC3)cc2)c(N)n1. The molecule has 0 spiro atoms. The van der Waals surface area contributed by atoms with Crippen molar-refractivity contribution in [2.75, 3.05) is 36.8 Å². The molecule has 3 aromatic carbocycles. The van der Waals surface area contributed by atoms with Gasteiger partial charge in [0.2, 0.25) is 5.95 Å². The summed E-state index contributed by atoms with van der Waals surface area (Å²) in [6.45, 7) is 5.20. The van der Waals surface area contributed by atoms with Crippen LogP contribution in [0.4, 0.5) is 20.4 Å². The molecule has 5 rings (SSSR count). The van der Waals surface area contributed by atoms with Gasteiger partial charge in [0, 0.05) is 31.9 Å². The summed E-state index contributed by atoms with van der Waals surface area (Å²) in [4.78, 5) is 8.87. The molecule has 0 amide bonds. The number of nitrogen functional groups attached to an aromatic ring is 1. The zero-order valence-electron chi connectivity index (χ0n) is 20.1. The molecular weight excluding hydrogens is 458 g/mol. The maximum atomic E-state index is 13.6. The van der Waals surface area contributed by atoms with E-state index in [0.717, 1.165) is 54.3 Å². The summed E-state index contributed by atoms with van der Waals surface area (Å²) in [5, 5.41) is 4.37. The molecule has 1 aliphatic rings. The fourth-order valence-corrected chi connectivity index (χ4v) is 4.64. The van der Waals surface area contributed by atoms with Crippen molar-refractivity contribution in [1.82, 2.24) is 14.6 Å². The van der Waals surface area contributed by atoms with E-state index in [1.54, 1.807) is 17.1 Å². The minimum absolute atomic E-state index is 0.0637. The van der Waals surface area contributed by atoms with Gasteiger partial charge in [-0.15, -0.1) is 0 Å². The van der Waals surface area contributed by atoms with Crippen molar-refractivity contribution < 1.29 is 8.78 Å². The van der Waals surface area contributed by atoms with Gasteiger partial charge < -0.3 is 10.6 Å². The van der Waals surface area contributed by atoms with E-state index >= 15 is 0 Å². The fraction of sp³-hybridized carbons (Fsp3) is 0.214. The molecule has 2 N–H and O–H groups in total. The van der Waals surface area contributed by atoms with Crippen LogP contribution in [0.2, 0.25) is 0 Å². The van der Waals surface area contributed by atoms with E-state index in [0.29, 0.717) is 5.95 Å². The largest absolute Gasteiger partial charge is 0.369 e. The predicted molar refractivity (Wildman–Crippen MR) is 139 cm³/mol. The van der Waals surface area contributed by atoms with Crippen LogP contribution in [0.3, 0.4) is 0 Å². The predicted octanol–water partition coefficient (Wildman–Crippen LogP) is 4.85. The van der Waals surface area contributed by atoms with E-state index in [2.05, 4.69) is 32.0 Å². The van der Waals surface area contributed by atoms with Gasteiger partial charge in [-0.2, -0.15) is 5.10 Å². The van der Waals surface area contributed by atoms with Gasteiger partial charge in [0.05, 0.1) is 24.1 Å². The van der Waals surface area contributed by atoms with Gasteiger partial charge >= 0.3 is 0 Å². The van der Waals surface area contributed by atoms with E-state index < -0.39 is 0 Å². The van der Waals surface area contributed by atoms with Gasteiger partial charge in [-0.3, -0.25) is 4.90 Å². The fourth-order valence-electron chi connectivity index (χ4n) is 4.64. The van der Waals surface area contributed by atoms with Crippen LogP contribution in [0.15, 0.2) is 84.1 Å². The Balaban J connectivity index is 1.27. The number of anilines is 2. The van der Waals surface area contributed by atoms with Crippen LogP contribution in [-0.2, 0) is 0 Å². The van der Waals surface area contributed by atoms with Gasteiger partial charge in [-0.1, -0.05) is 36.4 Å². The van der Waals surface area contributed by atoms with Crippen molar-refractivity contribution >= 4 is 17.9 Å². The normalized spacial score (nSPS) is 14.7. The van der Waals surface area contributed by atoms with E-state index in [4.69, 9.17) is 5.73 Å². The monoisotopic (exact) mass is 486 g/mol. The smallest absolute Gasteiger partial charge is 0.221 e. The lowest BCUT2D eigenvalue weighted by Gasteiger charge is -2.40. The number of piperazine rings is 1. The number of aromatic nitrogens is 2. The third-order valence-corrected chi connectivity index (χ3v) is 6.48. The quantitative estimate of drug-likeness (QED) is 0.396. The topological polar surface area (TPSA) is 62.7 Å². The van der Waals surface area contributed by atoms with Crippen LogP contribution in [-0.4, -0.2) is 47.0 Å². The van der Waals surface area contributed by atoms with E-state index in [-0.39, 0.29) is 17.7 Å². The van der Waals surface area contributed by atoms with E-state index in [9.17, 15) is 8.78 Å². The summed E-state index contributed by atoms with van der Waals surface area (Å²) in [6.07, 6.45) is 3.54. The third-order valence-electron chi connectivity index (χ3n) is 6.48. The molecule has 1 fully saturated rings. The molecule has 184 valence electrons. The molecule has 0 radical (unpaired) electrons. The standard InChI is InChI=1S/C28H28F2N6/c1-20-19-36(28(31)33-20)32-18-21-2-12-26(13-3-21)34-14-16-35(17-15-34)27(22-4-8-24(29)9-5-22)23-6-10-25(30)11-7-23/h2-13,18-19,27H,14-17H2,1H3,(H2,31,33). The Morgan fingerprint density at radius 1 is 0.833 bits per heavy atom. The second-order valence-electron chi connectivity index (χ2n) is 8.95. The summed E-state index contributed by atoms with van der Waals surface area (Å²) in [5.41, 5.74) is 10.8. The number of hydrogen-bond donors (Lipinski definition) is 1. The Morgan fingerprint density at radius 3 is 1.89 bits per heavy atom. The first kappa shape index (κ1) is 23.7. The Hall–Kier alpha value is -4.04. The molecular formula is C28H28F2N6. The number of nitrogens with zero attached hydrogens (tertiary/aromatic N) is 5. The van der Waals surface area contributed by atoms with Gasteiger partial charge in [0.1, 0.15) is 11.6 Å². The highest BCUT2D eigenvalue weighted by Gasteiger charge is 2.26. The highest BCUT2D eigenvalue weighted by atomic mass is 19.1. The molecule has 0 unspecified atom stereocenters. The van der Waals surface area contributed by atoms with E-state index in [1.165, 1.54) is 24.3 Å². The lowest BCUT2D eigenvalue weighted by atomic mass is 9.96. The van der Waals surface area contributed by atoms with Gasteiger partial charge in [0.15, 0.2) is 0 Å². The molecule has 6 nitrogen and oxygen atoms in total. The van der Waals surface area contributed by atoms with Crippen LogP contribution in [0, 0.1) is 18.6 Å². The molecule has 0 saturated carbocycles. The zero-order valence-corrected chi connectivity index (χ0v) is 20.1. The molecule has 1 aliphatic heterocycles. The highest BCUT2D eigenvalue weighted by molar-refractivity contribution is 5.80. The first-order valence-corrected chi connectivity index (χ1v) is 11.9. The van der Waals surface area contributed by atoms with Crippen molar-refractivity contribution in [3.63, 3.8) is 0 Å². The second-order valence-corrected chi connectivity index (χ2v) is 8.95. The number of nitrogens with two attached hydrogens (primary N) is 1. The molecule has 0 atom stereocenters. The number of benzene rings is 3. The van der Waals surface area contributed by atoms with Crippen LogP contribution in [0.25, 0.3) is 0 Å². The number of aryl methyl sites for hydroxylation is 1. The molecule has 36 heavy (non-hydrogen) atoms. The zero-order chi connectivity index (χ0) is 25.1. The molecule has 4 aromatic rings. The van der Waals surface area contributed by atoms with Gasteiger partial charge in [-0.25, -0.2) is 18.4 Å². The Morgan fingerprint density at radius 2 is 1.39 bits per heavy atom.